The Labute approximate surface area is 156 Å². The highest BCUT2D eigenvalue weighted by molar-refractivity contribution is 5.79. The number of halogens is 1. The van der Waals surface area contributed by atoms with Crippen molar-refractivity contribution in [3.8, 4) is 0 Å². The second kappa shape index (κ2) is 7.06. The summed E-state index contributed by atoms with van der Waals surface area (Å²) in [6.45, 7) is 2.54. The van der Waals surface area contributed by atoms with Crippen LogP contribution in [0.3, 0.4) is 0 Å². The van der Waals surface area contributed by atoms with Gasteiger partial charge in [-0.1, -0.05) is 12.1 Å². The molecule has 1 N–H and O–H groups in total. The van der Waals surface area contributed by atoms with Gasteiger partial charge in [0.05, 0.1) is 17.8 Å². The summed E-state index contributed by atoms with van der Waals surface area (Å²) in [5.74, 6) is 0.141. The number of carbonyl (C=O) groups is 1. The number of hydrogen-bond donors (Lipinski definition) is 1. The highest BCUT2D eigenvalue weighted by Gasteiger charge is 2.30. The molecule has 1 aromatic carbocycles. The number of nitrogens with one attached hydrogen (secondary N) is 1. The van der Waals surface area contributed by atoms with Crippen LogP contribution in [0.4, 0.5) is 9.18 Å². The van der Waals surface area contributed by atoms with E-state index in [1.165, 1.54) is 6.07 Å². The molecule has 4 rings (SSSR count). The van der Waals surface area contributed by atoms with Crippen LogP contribution in [0, 0.1) is 5.82 Å². The summed E-state index contributed by atoms with van der Waals surface area (Å²) < 4.78 is 21.3. The number of urea groups is 1. The Hall–Kier alpha value is -2.83. The van der Waals surface area contributed by atoms with Crippen molar-refractivity contribution in [1.82, 2.24) is 20.0 Å². The molecule has 1 aliphatic rings. The van der Waals surface area contributed by atoms with Gasteiger partial charge in [0, 0.05) is 25.2 Å². The molecule has 1 fully saturated rings. The number of fused-ring (bicyclic) bond motifs is 1. The van der Waals surface area contributed by atoms with E-state index in [4.69, 9.17) is 4.42 Å². The van der Waals surface area contributed by atoms with Gasteiger partial charge in [0.15, 0.2) is 11.4 Å². The molecule has 1 aliphatic heterocycles. The lowest BCUT2D eigenvalue weighted by Gasteiger charge is -2.36. The van der Waals surface area contributed by atoms with Crippen LogP contribution in [0.15, 0.2) is 40.9 Å². The number of furan rings is 1. The number of aromatic nitrogens is 2. The number of amides is 2. The molecule has 27 heavy (non-hydrogen) atoms. The number of rotatable bonds is 3. The van der Waals surface area contributed by atoms with E-state index < -0.39 is 5.82 Å². The van der Waals surface area contributed by atoms with Crippen molar-refractivity contribution in [3.05, 3.63) is 53.8 Å². The van der Waals surface area contributed by atoms with Crippen molar-refractivity contribution in [1.29, 1.82) is 0 Å². The number of benzene rings is 1. The Morgan fingerprint density at radius 3 is 2.96 bits per heavy atom. The van der Waals surface area contributed by atoms with Crippen molar-refractivity contribution >= 4 is 17.0 Å². The SMILES string of the molecule is CC(NC(=O)N1CCCCC1c1ccnn1C)c1cc2cccc(F)c2o1. The number of nitrogens with zero attached hydrogens (tertiary/aromatic N) is 3. The van der Waals surface area contributed by atoms with Gasteiger partial charge >= 0.3 is 6.03 Å². The topological polar surface area (TPSA) is 63.3 Å². The molecule has 0 aliphatic carbocycles. The standard InChI is InChI=1S/C20H23FN4O2/c1-13(18-12-14-6-5-7-15(21)19(14)27-18)23-20(26)25-11-4-3-8-17(25)16-9-10-22-24(16)2/h5-7,9-10,12-13,17H,3-4,8,11H2,1-2H3,(H,23,26). The maximum absolute atomic E-state index is 13.9. The maximum atomic E-state index is 13.9. The first-order valence-electron chi connectivity index (χ1n) is 9.27. The molecule has 1 saturated heterocycles. The summed E-state index contributed by atoms with van der Waals surface area (Å²) in [5, 5.41) is 7.92. The van der Waals surface area contributed by atoms with E-state index in [0.29, 0.717) is 17.7 Å². The third kappa shape index (κ3) is 3.29. The van der Waals surface area contributed by atoms with Crippen LogP contribution in [-0.4, -0.2) is 27.3 Å². The Bertz CT molecular complexity index is 964. The molecule has 0 saturated carbocycles. The molecule has 0 radical (unpaired) electrons. The third-order valence-corrected chi connectivity index (χ3v) is 5.25. The van der Waals surface area contributed by atoms with Crippen LogP contribution in [0.2, 0.25) is 0 Å². The van der Waals surface area contributed by atoms with Crippen LogP contribution >= 0.6 is 0 Å². The van der Waals surface area contributed by atoms with E-state index >= 15 is 0 Å². The van der Waals surface area contributed by atoms with E-state index in [1.54, 1.807) is 24.4 Å². The molecule has 2 amide bonds. The zero-order valence-corrected chi connectivity index (χ0v) is 15.5. The number of carbonyl (C=O) groups excluding carboxylic acids is 1. The molecular weight excluding hydrogens is 347 g/mol. The van der Waals surface area contributed by atoms with Crippen LogP contribution in [-0.2, 0) is 7.05 Å². The first kappa shape index (κ1) is 17.6. The molecule has 2 unspecified atom stereocenters. The Kier molecular flexibility index (Phi) is 4.59. The molecule has 0 bridgehead atoms. The van der Waals surface area contributed by atoms with E-state index in [1.807, 2.05) is 29.6 Å². The average molecular weight is 370 g/mol. The van der Waals surface area contributed by atoms with Crippen molar-refractivity contribution < 1.29 is 13.6 Å². The van der Waals surface area contributed by atoms with Crippen molar-refractivity contribution in [3.63, 3.8) is 0 Å². The molecule has 0 spiro atoms. The molecule has 142 valence electrons. The molecule has 6 nitrogen and oxygen atoms in total. The first-order valence-corrected chi connectivity index (χ1v) is 9.27. The smallest absolute Gasteiger partial charge is 0.318 e. The normalized spacial score (nSPS) is 18.6. The minimum absolute atomic E-state index is 0.00608. The van der Waals surface area contributed by atoms with Crippen LogP contribution in [0.25, 0.3) is 11.0 Å². The minimum atomic E-state index is -0.399. The van der Waals surface area contributed by atoms with E-state index in [-0.39, 0.29) is 23.7 Å². The van der Waals surface area contributed by atoms with E-state index in [9.17, 15) is 9.18 Å². The minimum Gasteiger partial charge on any atom is -0.456 e. The average Bonchev–Trinajstić information content (AvgIpc) is 3.28. The Balaban J connectivity index is 1.52. The molecule has 3 heterocycles. The molecular formula is C20H23FN4O2. The number of likely N-dealkylation sites (tertiary alicyclic amines) is 1. The van der Waals surface area contributed by atoms with Gasteiger partial charge in [-0.3, -0.25) is 4.68 Å². The van der Waals surface area contributed by atoms with Crippen molar-refractivity contribution in [2.75, 3.05) is 6.54 Å². The lowest BCUT2D eigenvalue weighted by atomic mass is 9.99. The highest BCUT2D eigenvalue weighted by atomic mass is 19.1. The summed E-state index contributed by atoms with van der Waals surface area (Å²) >= 11 is 0. The van der Waals surface area contributed by atoms with Crippen molar-refractivity contribution in [2.24, 2.45) is 7.05 Å². The van der Waals surface area contributed by atoms with Gasteiger partial charge in [0.1, 0.15) is 5.76 Å². The second-order valence-corrected chi connectivity index (χ2v) is 7.06. The summed E-state index contributed by atoms with van der Waals surface area (Å²) in [5.41, 5.74) is 1.25. The number of piperidine rings is 1. The predicted octanol–water partition coefficient (Wildman–Crippen LogP) is 4.30. The van der Waals surface area contributed by atoms with Gasteiger partial charge in [0.25, 0.3) is 0 Å². The fourth-order valence-corrected chi connectivity index (χ4v) is 3.79. The quantitative estimate of drug-likeness (QED) is 0.747. The zero-order valence-electron chi connectivity index (χ0n) is 15.5. The fraction of sp³-hybridized carbons (Fsp3) is 0.400. The molecule has 2 aromatic heterocycles. The number of aryl methyl sites for hydroxylation is 1. The summed E-state index contributed by atoms with van der Waals surface area (Å²) in [6.07, 6.45) is 4.73. The Morgan fingerprint density at radius 2 is 2.22 bits per heavy atom. The Morgan fingerprint density at radius 1 is 1.37 bits per heavy atom. The lowest BCUT2D eigenvalue weighted by molar-refractivity contribution is 0.144. The number of hydrogen-bond acceptors (Lipinski definition) is 3. The first-order chi connectivity index (χ1) is 13.0. The summed E-state index contributed by atoms with van der Waals surface area (Å²) in [6, 6.07) is 8.04. The van der Waals surface area contributed by atoms with Crippen LogP contribution in [0.5, 0.6) is 0 Å². The van der Waals surface area contributed by atoms with Gasteiger partial charge in [-0.05, 0) is 44.4 Å². The summed E-state index contributed by atoms with van der Waals surface area (Å²) in [4.78, 5) is 14.8. The second-order valence-electron chi connectivity index (χ2n) is 7.06. The summed E-state index contributed by atoms with van der Waals surface area (Å²) in [7, 11) is 1.89. The van der Waals surface area contributed by atoms with Crippen molar-refractivity contribution in [2.45, 2.75) is 38.3 Å². The number of para-hydroxylation sites is 1. The van der Waals surface area contributed by atoms with Crippen LogP contribution < -0.4 is 5.32 Å². The van der Waals surface area contributed by atoms with E-state index in [0.717, 1.165) is 25.0 Å². The monoisotopic (exact) mass is 370 g/mol. The zero-order chi connectivity index (χ0) is 19.0. The van der Waals surface area contributed by atoms with E-state index in [2.05, 4.69) is 10.4 Å². The van der Waals surface area contributed by atoms with Gasteiger partial charge in [-0.25, -0.2) is 9.18 Å². The fourth-order valence-electron chi connectivity index (χ4n) is 3.79. The molecule has 7 heteroatoms. The predicted molar refractivity (Wildman–Crippen MR) is 99.6 cm³/mol. The molecule has 3 aromatic rings. The van der Waals surface area contributed by atoms with Gasteiger partial charge in [-0.15, -0.1) is 0 Å². The van der Waals surface area contributed by atoms with Gasteiger partial charge < -0.3 is 14.6 Å². The highest BCUT2D eigenvalue weighted by Crippen LogP contribution is 2.31. The van der Waals surface area contributed by atoms with Crippen LogP contribution in [0.1, 0.15) is 49.7 Å². The maximum Gasteiger partial charge on any atom is 0.318 e. The lowest BCUT2D eigenvalue weighted by Crippen LogP contribution is -2.45. The third-order valence-electron chi connectivity index (χ3n) is 5.25. The molecule has 2 atom stereocenters. The van der Waals surface area contributed by atoms with Gasteiger partial charge in [0.2, 0.25) is 0 Å². The van der Waals surface area contributed by atoms with Gasteiger partial charge in [-0.2, -0.15) is 5.10 Å². The largest absolute Gasteiger partial charge is 0.456 e.